The standard InChI is InChI=1S/C12H15N3OS/c1-7-5-6-8-10(15-17-14-8)9(7)13-11(16)12(2,3)4/h5-6H,1-4H3,(H,13,16). The monoisotopic (exact) mass is 249 g/mol. The Morgan fingerprint density at radius 3 is 2.65 bits per heavy atom. The van der Waals surface area contributed by atoms with E-state index >= 15 is 0 Å². The van der Waals surface area contributed by atoms with Gasteiger partial charge in [0.1, 0.15) is 11.0 Å². The summed E-state index contributed by atoms with van der Waals surface area (Å²) in [4.78, 5) is 12.0. The maximum Gasteiger partial charge on any atom is 0.229 e. The van der Waals surface area contributed by atoms with Crippen molar-refractivity contribution in [2.45, 2.75) is 27.7 Å². The molecule has 0 saturated carbocycles. The summed E-state index contributed by atoms with van der Waals surface area (Å²) in [5.41, 5.74) is 2.95. The van der Waals surface area contributed by atoms with E-state index in [2.05, 4.69) is 14.1 Å². The number of hydrogen-bond acceptors (Lipinski definition) is 4. The van der Waals surface area contributed by atoms with Gasteiger partial charge in [0.05, 0.1) is 17.4 Å². The number of amides is 1. The molecule has 17 heavy (non-hydrogen) atoms. The highest BCUT2D eigenvalue weighted by molar-refractivity contribution is 7.00. The zero-order chi connectivity index (χ0) is 12.6. The summed E-state index contributed by atoms with van der Waals surface area (Å²) in [6.45, 7) is 7.61. The van der Waals surface area contributed by atoms with E-state index in [0.29, 0.717) is 0 Å². The van der Waals surface area contributed by atoms with Crippen molar-refractivity contribution < 1.29 is 4.79 Å². The number of nitrogens with one attached hydrogen (secondary N) is 1. The topological polar surface area (TPSA) is 54.9 Å². The first-order valence-corrected chi connectivity index (χ1v) is 6.16. The lowest BCUT2D eigenvalue weighted by Crippen LogP contribution is -2.28. The summed E-state index contributed by atoms with van der Waals surface area (Å²) in [5.74, 6) is -0.0129. The molecule has 0 unspecified atom stereocenters. The lowest BCUT2D eigenvalue weighted by atomic mass is 9.95. The average Bonchev–Trinajstić information content (AvgIpc) is 2.68. The third-order valence-corrected chi connectivity index (χ3v) is 3.10. The molecule has 0 aliphatic rings. The highest BCUT2D eigenvalue weighted by Gasteiger charge is 2.23. The number of rotatable bonds is 1. The zero-order valence-electron chi connectivity index (χ0n) is 10.4. The summed E-state index contributed by atoms with van der Waals surface area (Å²) in [7, 11) is 0. The maximum absolute atomic E-state index is 12.0. The number of anilines is 1. The second-order valence-electron chi connectivity index (χ2n) is 5.09. The van der Waals surface area contributed by atoms with Gasteiger partial charge in [0.25, 0.3) is 0 Å². The molecule has 0 fully saturated rings. The molecule has 0 aliphatic carbocycles. The molecule has 1 amide bonds. The molecule has 1 heterocycles. The maximum atomic E-state index is 12.0. The van der Waals surface area contributed by atoms with Gasteiger partial charge in [0.15, 0.2) is 0 Å². The van der Waals surface area contributed by atoms with Crippen LogP contribution in [0.25, 0.3) is 11.0 Å². The molecule has 0 spiro atoms. The van der Waals surface area contributed by atoms with Crippen molar-refractivity contribution in [3.8, 4) is 0 Å². The van der Waals surface area contributed by atoms with Crippen molar-refractivity contribution in [1.29, 1.82) is 0 Å². The number of aryl methyl sites for hydroxylation is 1. The van der Waals surface area contributed by atoms with E-state index < -0.39 is 5.41 Å². The van der Waals surface area contributed by atoms with Crippen molar-refractivity contribution in [1.82, 2.24) is 8.75 Å². The number of carbonyl (C=O) groups excluding carboxylic acids is 1. The summed E-state index contributed by atoms with van der Waals surface area (Å²) < 4.78 is 8.40. The average molecular weight is 249 g/mol. The zero-order valence-corrected chi connectivity index (χ0v) is 11.2. The molecular weight excluding hydrogens is 234 g/mol. The molecule has 2 rings (SSSR count). The van der Waals surface area contributed by atoms with E-state index in [1.807, 2.05) is 39.8 Å². The van der Waals surface area contributed by atoms with Crippen LogP contribution in [0, 0.1) is 12.3 Å². The van der Waals surface area contributed by atoms with Gasteiger partial charge in [-0.05, 0) is 18.6 Å². The van der Waals surface area contributed by atoms with Crippen LogP contribution in [-0.4, -0.2) is 14.7 Å². The lowest BCUT2D eigenvalue weighted by Gasteiger charge is -2.18. The number of nitrogens with zero attached hydrogens (tertiary/aromatic N) is 2. The largest absolute Gasteiger partial charge is 0.323 e. The Bertz CT molecular complexity index is 569. The van der Waals surface area contributed by atoms with Gasteiger partial charge in [-0.1, -0.05) is 26.8 Å². The Kier molecular flexibility index (Phi) is 2.87. The summed E-state index contributed by atoms with van der Waals surface area (Å²) in [6.07, 6.45) is 0. The highest BCUT2D eigenvalue weighted by atomic mass is 32.1. The van der Waals surface area contributed by atoms with E-state index in [1.165, 1.54) is 0 Å². The number of aromatic nitrogens is 2. The minimum absolute atomic E-state index is 0.0129. The predicted octanol–water partition coefficient (Wildman–Crippen LogP) is 2.98. The van der Waals surface area contributed by atoms with Gasteiger partial charge in [-0.25, -0.2) is 0 Å². The van der Waals surface area contributed by atoms with Crippen LogP contribution in [0.2, 0.25) is 0 Å². The molecule has 5 heteroatoms. The first-order chi connectivity index (χ1) is 7.89. The highest BCUT2D eigenvalue weighted by Crippen LogP contribution is 2.27. The van der Waals surface area contributed by atoms with Gasteiger partial charge in [-0.15, -0.1) is 0 Å². The van der Waals surface area contributed by atoms with Crippen molar-refractivity contribution in [2.75, 3.05) is 5.32 Å². The fourth-order valence-corrected chi connectivity index (χ4v) is 1.95. The Balaban J connectivity index is 2.45. The number of hydrogen-bond donors (Lipinski definition) is 1. The molecule has 0 radical (unpaired) electrons. The predicted molar refractivity (Wildman–Crippen MR) is 70.2 cm³/mol. The van der Waals surface area contributed by atoms with E-state index in [1.54, 1.807) is 0 Å². The van der Waals surface area contributed by atoms with Gasteiger partial charge < -0.3 is 5.32 Å². The quantitative estimate of drug-likeness (QED) is 0.845. The molecule has 90 valence electrons. The van der Waals surface area contributed by atoms with Gasteiger partial charge in [0.2, 0.25) is 5.91 Å². The minimum Gasteiger partial charge on any atom is -0.323 e. The van der Waals surface area contributed by atoms with E-state index in [-0.39, 0.29) is 5.91 Å². The molecule has 1 aromatic heterocycles. The third kappa shape index (κ3) is 2.29. The molecule has 1 N–H and O–H groups in total. The smallest absolute Gasteiger partial charge is 0.229 e. The van der Waals surface area contributed by atoms with Crippen molar-refractivity contribution in [3.63, 3.8) is 0 Å². The second-order valence-corrected chi connectivity index (χ2v) is 5.62. The molecule has 0 saturated heterocycles. The van der Waals surface area contributed by atoms with Gasteiger partial charge in [0, 0.05) is 5.41 Å². The normalized spacial score (nSPS) is 11.8. The Morgan fingerprint density at radius 1 is 1.29 bits per heavy atom. The van der Waals surface area contributed by atoms with Crippen LogP contribution in [0.15, 0.2) is 12.1 Å². The Hall–Kier alpha value is -1.49. The summed E-state index contributed by atoms with van der Waals surface area (Å²) in [6, 6.07) is 3.86. The van der Waals surface area contributed by atoms with Crippen molar-refractivity contribution in [3.05, 3.63) is 17.7 Å². The Morgan fingerprint density at radius 2 is 2.00 bits per heavy atom. The second kappa shape index (κ2) is 4.07. The first kappa shape index (κ1) is 12.0. The van der Waals surface area contributed by atoms with Crippen LogP contribution in [0.1, 0.15) is 26.3 Å². The summed E-state index contributed by atoms with van der Waals surface area (Å²) >= 11 is 1.16. The number of fused-ring (bicyclic) bond motifs is 1. The molecule has 2 aromatic rings. The van der Waals surface area contributed by atoms with Crippen LogP contribution in [0.4, 0.5) is 5.69 Å². The molecular formula is C12H15N3OS. The fraction of sp³-hybridized carbons (Fsp3) is 0.417. The number of carbonyl (C=O) groups is 1. The van der Waals surface area contributed by atoms with Crippen LogP contribution in [0.5, 0.6) is 0 Å². The third-order valence-electron chi connectivity index (χ3n) is 2.56. The van der Waals surface area contributed by atoms with Crippen LogP contribution in [-0.2, 0) is 4.79 Å². The summed E-state index contributed by atoms with van der Waals surface area (Å²) in [5, 5.41) is 2.94. The van der Waals surface area contributed by atoms with Crippen molar-refractivity contribution >= 4 is 34.4 Å². The van der Waals surface area contributed by atoms with Crippen LogP contribution in [0.3, 0.4) is 0 Å². The Labute approximate surface area is 104 Å². The molecule has 0 aliphatic heterocycles. The fourth-order valence-electron chi connectivity index (χ4n) is 1.41. The number of benzene rings is 1. The van der Waals surface area contributed by atoms with E-state index in [9.17, 15) is 4.79 Å². The first-order valence-electron chi connectivity index (χ1n) is 5.43. The van der Waals surface area contributed by atoms with Crippen LogP contribution >= 0.6 is 11.7 Å². The van der Waals surface area contributed by atoms with Crippen LogP contribution < -0.4 is 5.32 Å². The molecule has 1 aromatic carbocycles. The van der Waals surface area contributed by atoms with Crippen molar-refractivity contribution in [2.24, 2.45) is 5.41 Å². The molecule has 4 nitrogen and oxygen atoms in total. The minimum atomic E-state index is -0.419. The van der Waals surface area contributed by atoms with E-state index in [0.717, 1.165) is 34.0 Å². The van der Waals surface area contributed by atoms with Gasteiger partial charge in [-0.2, -0.15) is 8.75 Å². The van der Waals surface area contributed by atoms with Gasteiger partial charge >= 0.3 is 0 Å². The van der Waals surface area contributed by atoms with E-state index in [4.69, 9.17) is 0 Å². The molecule has 0 atom stereocenters. The SMILES string of the molecule is Cc1ccc2nsnc2c1NC(=O)C(C)(C)C. The lowest BCUT2D eigenvalue weighted by molar-refractivity contribution is -0.123. The van der Waals surface area contributed by atoms with Gasteiger partial charge in [-0.3, -0.25) is 4.79 Å². The molecule has 0 bridgehead atoms.